The average Bonchev–Trinajstić information content (AvgIpc) is 2.47. The second kappa shape index (κ2) is 7.58. The Labute approximate surface area is 122 Å². The van der Waals surface area contributed by atoms with E-state index >= 15 is 0 Å². The van der Waals surface area contributed by atoms with Crippen LogP contribution in [0.1, 0.15) is 57.9 Å². The van der Waals surface area contributed by atoms with Crippen molar-refractivity contribution in [3.8, 4) is 0 Å². The van der Waals surface area contributed by atoms with Gasteiger partial charge >= 0.3 is 0 Å². The van der Waals surface area contributed by atoms with Crippen molar-refractivity contribution < 1.29 is 13.2 Å². The summed E-state index contributed by atoms with van der Waals surface area (Å²) in [6.07, 6.45) is 2.84. The van der Waals surface area contributed by atoms with Crippen molar-refractivity contribution in [3.05, 3.63) is 29.8 Å². The summed E-state index contributed by atoms with van der Waals surface area (Å²) < 4.78 is 23.8. The van der Waals surface area contributed by atoms with Crippen molar-refractivity contribution in [2.75, 3.05) is 5.75 Å². The smallest absolute Gasteiger partial charge is 0.178 e. The summed E-state index contributed by atoms with van der Waals surface area (Å²) >= 11 is 0. The number of hydrogen-bond acceptors (Lipinski definition) is 3. The Hall–Kier alpha value is -1.16. The first-order chi connectivity index (χ1) is 9.44. The quantitative estimate of drug-likeness (QED) is 0.734. The van der Waals surface area contributed by atoms with E-state index in [0.717, 1.165) is 18.4 Å². The molecule has 1 unspecified atom stereocenters. The molecule has 0 heterocycles. The molecule has 0 N–H and O–H groups in total. The molecule has 1 aromatic carbocycles. The maximum absolute atomic E-state index is 11.9. The lowest BCUT2D eigenvalue weighted by molar-refractivity contribution is -0.118. The van der Waals surface area contributed by atoms with Crippen molar-refractivity contribution in [2.45, 2.75) is 57.3 Å². The van der Waals surface area contributed by atoms with Crippen molar-refractivity contribution >= 4 is 15.6 Å². The largest absolute Gasteiger partial charge is 0.300 e. The molecule has 0 aliphatic carbocycles. The zero-order chi connectivity index (χ0) is 15.2. The van der Waals surface area contributed by atoms with Gasteiger partial charge in [-0.25, -0.2) is 8.42 Å². The molecule has 0 fully saturated rings. The van der Waals surface area contributed by atoms with Gasteiger partial charge in [-0.1, -0.05) is 32.9 Å². The Balaban J connectivity index is 2.94. The van der Waals surface area contributed by atoms with Gasteiger partial charge in [0.25, 0.3) is 0 Å². The van der Waals surface area contributed by atoms with Crippen LogP contribution in [0.2, 0.25) is 0 Å². The van der Waals surface area contributed by atoms with Gasteiger partial charge in [-0.15, -0.1) is 0 Å². The number of benzene rings is 1. The molecular weight excluding hydrogens is 272 g/mol. The predicted octanol–water partition coefficient (Wildman–Crippen LogP) is 3.73. The Kier molecular flexibility index (Phi) is 6.40. The lowest BCUT2D eigenvalue weighted by Gasteiger charge is -2.16. The Bertz CT molecular complexity index is 547. The predicted molar refractivity (Wildman–Crippen MR) is 81.7 cm³/mol. The molecule has 0 amide bonds. The first-order valence-corrected chi connectivity index (χ1v) is 8.94. The maximum Gasteiger partial charge on any atom is 0.178 e. The number of carbonyl (C=O) groups is 1. The molecule has 20 heavy (non-hydrogen) atoms. The molecular formula is C16H24O3S. The molecule has 0 aliphatic rings. The van der Waals surface area contributed by atoms with Crippen LogP contribution in [0.5, 0.6) is 0 Å². The number of hydrogen-bond donors (Lipinski definition) is 0. The summed E-state index contributed by atoms with van der Waals surface area (Å²) in [6.45, 7) is 5.60. The van der Waals surface area contributed by atoms with Gasteiger partial charge in [-0.05, 0) is 36.5 Å². The van der Waals surface area contributed by atoms with E-state index in [2.05, 4.69) is 6.92 Å². The molecule has 3 nitrogen and oxygen atoms in total. The monoisotopic (exact) mass is 296 g/mol. The summed E-state index contributed by atoms with van der Waals surface area (Å²) in [5.41, 5.74) is 1.02. The van der Waals surface area contributed by atoms with Crippen LogP contribution in [0.25, 0.3) is 0 Å². The number of sulfone groups is 1. The second-order valence-electron chi connectivity index (χ2n) is 5.01. The average molecular weight is 296 g/mol. The standard InChI is InChI=1S/C16H24O3S/c1-4-13(10-11-15(17)5-2)14-8-7-9-16(12-14)20(18,19)6-3/h7-9,12-13H,4-6,10-11H2,1-3H3. The van der Waals surface area contributed by atoms with E-state index in [-0.39, 0.29) is 17.5 Å². The van der Waals surface area contributed by atoms with E-state index in [0.29, 0.717) is 17.7 Å². The highest BCUT2D eigenvalue weighted by Gasteiger charge is 2.16. The number of rotatable bonds is 8. The van der Waals surface area contributed by atoms with Gasteiger partial charge in [0.05, 0.1) is 10.6 Å². The fraction of sp³-hybridized carbons (Fsp3) is 0.562. The van der Waals surface area contributed by atoms with Crippen LogP contribution in [0.4, 0.5) is 0 Å². The highest BCUT2D eigenvalue weighted by molar-refractivity contribution is 7.91. The zero-order valence-electron chi connectivity index (χ0n) is 12.6. The summed E-state index contributed by atoms with van der Waals surface area (Å²) in [4.78, 5) is 11.8. The minimum atomic E-state index is -3.17. The van der Waals surface area contributed by atoms with Crippen molar-refractivity contribution in [1.82, 2.24) is 0 Å². The summed E-state index contributed by atoms with van der Waals surface area (Å²) in [5, 5.41) is 0. The Morgan fingerprint density at radius 3 is 2.45 bits per heavy atom. The van der Waals surface area contributed by atoms with E-state index in [1.54, 1.807) is 25.1 Å². The van der Waals surface area contributed by atoms with Crippen LogP contribution < -0.4 is 0 Å². The Morgan fingerprint density at radius 2 is 1.90 bits per heavy atom. The number of Topliss-reactive ketones (excluding diaryl/α,β-unsaturated/α-hetero) is 1. The SMILES string of the molecule is CCC(=O)CCC(CC)c1cccc(S(=O)(=O)CC)c1. The van der Waals surface area contributed by atoms with Crippen LogP contribution in [0.3, 0.4) is 0 Å². The normalized spacial score (nSPS) is 13.2. The highest BCUT2D eigenvalue weighted by atomic mass is 32.2. The van der Waals surface area contributed by atoms with Gasteiger partial charge in [-0.2, -0.15) is 0 Å². The van der Waals surface area contributed by atoms with Crippen molar-refractivity contribution in [2.24, 2.45) is 0 Å². The summed E-state index contributed by atoms with van der Waals surface area (Å²) in [7, 11) is -3.17. The van der Waals surface area contributed by atoms with E-state index < -0.39 is 9.84 Å². The topological polar surface area (TPSA) is 51.2 Å². The van der Waals surface area contributed by atoms with E-state index in [1.807, 2.05) is 13.0 Å². The molecule has 112 valence electrons. The van der Waals surface area contributed by atoms with Crippen molar-refractivity contribution in [3.63, 3.8) is 0 Å². The van der Waals surface area contributed by atoms with E-state index in [4.69, 9.17) is 0 Å². The lowest BCUT2D eigenvalue weighted by Crippen LogP contribution is -2.06. The third-order valence-electron chi connectivity index (χ3n) is 3.73. The minimum absolute atomic E-state index is 0.113. The van der Waals surface area contributed by atoms with Gasteiger partial charge in [0.1, 0.15) is 5.78 Å². The van der Waals surface area contributed by atoms with Gasteiger partial charge in [-0.3, -0.25) is 4.79 Å². The zero-order valence-corrected chi connectivity index (χ0v) is 13.4. The molecule has 4 heteroatoms. The van der Waals surface area contributed by atoms with Gasteiger partial charge in [0.15, 0.2) is 9.84 Å². The van der Waals surface area contributed by atoms with Crippen LogP contribution in [-0.2, 0) is 14.6 Å². The number of carbonyl (C=O) groups excluding carboxylic acids is 1. The third kappa shape index (κ3) is 4.44. The first kappa shape index (κ1) is 16.9. The van der Waals surface area contributed by atoms with Gasteiger partial charge < -0.3 is 0 Å². The summed E-state index contributed by atoms with van der Waals surface area (Å²) in [6, 6.07) is 7.16. The third-order valence-corrected chi connectivity index (χ3v) is 5.46. The molecule has 0 aliphatic heterocycles. The fourth-order valence-corrected chi connectivity index (χ4v) is 3.18. The first-order valence-electron chi connectivity index (χ1n) is 7.29. The van der Waals surface area contributed by atoms with Gasteiger partial charge in [0, 0.05) is 12.8 Å². The molecule has 1 atom stereocenters. The minimum Gasteiger partial charge on any atom is -0.300 e. The second-order valence-corrected chi connectivity index (χ2v) is 7.29. The van der Waals surface area contributed by atoms with E-state index in [9.17, 15) is 13.2 Å². The molecule has 0 spiro atoms. The van der Waals surface area contributed by atoms with Crippen LogP contribution in [0.15, 0.2) is 29.2 Å². The molecule has 0 bridgehead atoms. The Morgan fingerprint density at radius 1 is 1.20 bits per heavy atom. The molecule has 1 aromatic rings. The maximum atomic E-state index is 11.9. The van der Waals surface area contributed by atoms with Crippen LogP contribution >= 0.6 is 0 Å². The molecule has 0 aromatic heterocycles. The van der Waals surface area contributed by atoms with Crippen molar-refractivity contribution in [1.29, 1.82) is 0 Å². The number of ketones is 1. The fourth-order valence-electron chi connectivity index (χ4n) is 2.25. The molecule has 0 radical (unpaired) electrons. The lowest BCUT2D eigenvalue weighted by atomic mass is 9.91. The molecule has 0 saturated heterocycles. The van der Waals surface area contributed by atoms with Crippen LogP contribution in [-0.4, -0.2) is 20.0 Å². The van der Waals surface area contributed by atoms with Gasteiger partial charge in [0.2, 0.25) is 0 Å². The molecule has 0 saturated carbocycles. The summed E-state index contributed by atoms with van der Waals surface area (Å²) in [5.74, 6) is 0.625. The van der Waals surface area contributed by atoms with Crippen LogP contribution in [0, 0.1) is 0 Å². The highest BCUT2D eigenvalue weighted by Crippen LogP contribution is 2.27. The van der Waals surface area contributed by atoms with E-state index in [1.165, 1.54) is 0 Å². The molecule has 1 rings (SSSR count).